The van der Waals surface area contributed by atoms with Crippen molar-refractivity contribution in [2.75, 3.05) is 11.9 Å². The first-order valence-corrected chi connectivity index (χ1v) is 9.06. The number of thiophene rings is 2. The van der Waals surface area contributed by atoms with Gasteiger partial charge in [-0.05, 0) is 49.6 Å². The summed E-state index contributed by atoms with van der Waals surface area (Å²) in [6, 6.07) is 4.30. The summed E-state index contributed by atoms with van der Waals surface area (Å²) in [5.74, 6) is 1.90. The second-order valence-electron chi connectivity index (χ2n) is 5.41. The van der Waals surface area contributed by atoms with Crippen LogP contribution in [-0.4, -0.2) is 16.5 Å². The lowest BCUT2D eigenvalue weighted by atomic mass is 10.2. The molecule has 0 radical (unpaired) electrons. The zero-order chi connectivity index (χ0) is 14.2. The molecule has 108 valence electrons. The second-order valence-corrected chi connectivity index (χ2v) is 7.53. The minimum atomic E-state index is 0.862. The van der Waals surface area contributed by atoms with Gasteiger partial charge in [0.05, 0.1) is 5.39 Å². The first-order valence-electron chi connectivity index (χ1n) is 7.36. The zero-order valence-electron chi connectivity index (χ0n) is 12.0. The molecule has 4 rings (SSSR count). The van der Waals surface area contributed by atoms with Gasteiger partial charge in [0, 0.05) is 16.3 Å². The fourth-order valence-corrected chi connectivity index (χ4v) is 5.01. The van der Waals surface area contributed by atoms with Crippen LogP contribution >= 0.6 is 22.7 Å². The number of hydrogen-bond acceptors (Lipinski definition) is 5. The van der Waals surface area contributed by atoms with Crippen LogP contribution in [0.25, 0.3) is 10.2 Å². The van der Waals surface area contributed by atoms with E-state index in [0.29, 0.717) is 0 Å². The minimum absolute atomic E-state index is 0.862. The smallest absolute Gasteiger partial charge is 0.138 e. The molecule has 0 spiro atoms. The van der Waals surface area contributed by atoms with Crippen LogP contribution in [-0.2, 0) is 19.3 Å². The molecule has 3 heterocycles. The Labute approximate surface area is 132 Å². The Morgan fingerprint density at radius 2 is 2.24 bits per heavy atom. The van der Waals surface area contributed by atoms with Crippen molar-refractivity contribution in [3.63, 3.8) is 0 Å². The van der Waals surface area contributed by atoms with Gasteiger partial charge >= 0.3 is 0 Å². The molecule has 1 N–H and O–H groups in total. The number of fused-ring (bicyclic) bond motifs is 3. The van der Waals surface area contributed by atoms with Crippen LogP contribution in [0.2, 0.25) is 0 Å². The summed E-state index contributed by atoms with van der Waals surface area (Å²) in [6.07, 6.45) is 4.72. The van der Waals surface area contributed by atoms with Crippen molar-refractivity contribution in [3.8, 4) is 0 Å². The molecule has 5 heteroatoms. The van der Waals surface area contributed by atoms with E-state index in [1.165, 1.54) is 40.0 Å². The summed E-state index contributed by atoms with van der Waals surface area (Å²) >= 11 is 3.67. The van der Waals surface area contributed by atoms with Crippen LogP contribution in [0.15, 0.2) is 17.5 Å². The molecule has 3 nitrogen and oxygen atoms in total. The maximum absolute atomic E-state index is 4.66. The van der Waals surface area contributed by atoms with Gasteiger partial charge in [-0.1, -0.05) is 6.07 Å². The Kier molecular flexibility index (Phi) is 3.39. The largest absolute Gasteiger partial charge is 0.369 e. The van der Waals surface area contributed by atoms with E-state index in [-0.39, 0.29) is 0 Å². The minimum Gasteiger partial charge on any atom is -0.369 e. The summed E-state index contributed by atoms with van der Waals surface area (Å²) in [7, 11) is 0. The van der Waals surface area contributed by atoms with Crippen molar-refractivity contribution < 1.29 is 0 Å². The molecule has 0 aliphatic heterocycles. The van der Waals surface area contributed by atoms with Gasteiger partial charge < -0.3 is 5.32 Å². The van der Waals surface area contributed by atoms with Gasteiger partial charge in [0.2, 0.25) is 0 Å². The number of aryl methyl sites for hydroxylation is 3. The summed E-state index contributed by atoms with van der Waals surface area (Å²) in [5.41, 5.74) is 1.49. The van der Waals surface area contributed by atoms with Gasteiger partial charge in [-0.15, -0.1) is 22.7 Å². The highest BCUT2D eigenvalue weighted by atomic mass is 32.1. The lowest BCUT2D eigenvalue weighted by Crippen LogP contribution is -2.07. The summed E-state index contributed by atoms with van der Waals surface area (Å²) in [6.45, 7) is 2.91. The molecule has 0 saturated carbocycles. The molecule has 0 fully saturated rings. The third-order valence-corrected chi connectivity index (χ3v) is 6.04. The van der Waals surface area contributed by atoms with Crippen molar-refractivity contribution >= 4 is 38.7 Å². The predicted octanol–water partition coefficient (Wildman–Crippen LogP) is 4.20. The number of nitrogens with one attached hydrogen (secondary N) is 1. The first kappa shape index (κ1) is 13.2. The number of aromatic nitrogens is 2. The SMILES string of the molecule is Cc1nc(NCCc2cccs2)c2c3c(sc2n1)CCC3. The molecule has 0 bridgehead atoms. The van der Waals surface area contributed by atoms with Crippen LogP contribution in [0.5, 0.6) is 0 Å². The van der Waals surface area contributed by atoms with Crippen molar-refractivity contribution in [2.24, 2.45) is 0 Å². The van der Waals surface area contributed by atoms with Gasteiger partial charge in [-0.25, -0.2) is 9.97 Å². The van der Waals surface area contributed by atoms with Crippen molar-refractivity contribution in [1.82, 2.24) is 9.97 Å². The highest BCUT2D eigenvalue weighted by Crippen LogP contribution is 2.39. The third kappa shape index (κ3) is 2.45. The lowest BCUT2D eigenvalue weighted by Gasteiger charge is -2.08. The monoisotopic (exact) mass is 315 g/mol. The maximum atomic E-state index is 4.66. The quantitative estimate of drug-likeness (QED) is 0.784. The summed E-state index contributed by atoms with van der Waals surface area (Å²) in [4.78, 5) is 13.4. The standard InChI is InChI=1S/C16H17N3S2/c1-10-18-15(17-8-7-11-4-3-9-20-11)14-12-5-2-6-13(12)21-16(14)19-10/h3-4,9H,2,5-8H2,1H3,(H,17,18,19). The van der Waals surface area contributed by atoms with Crippen molar-refractivity contribution in [2.45, 2.75) is 32.6 Å². The maximum Gasteiger partial charge on any atom is 0.138 e. The molecule has 3 aromatic heterocycles. The fourth-order valence-electron chi connectivity index (χ4n) is 2.99. The molecule has 1 aliphatic rings. The number of rotatable bonds is 4. The Hall–Kier alpha value is -1.46. The van der Waals surface area contributed by atoms with E-state index >= 15 is 0 Å². The van der Waals surface area contributed by atoms with E-state index in [4.69, 9.17) is 0 Å². The Balaban J connectivity index is 1.64. The van der Waals surface area contributed by atoms with Crippen LogP contribution in [0.1, 0.15) is 27.6 Å². The number of hydrogen-bond donors (Lipinski definition) is 1. The first-order chi connectivity index (χ1) is 10.3. The molecule has 0 amide bonds. The molecule has 3 aromatic rings. The van der Waals surface area contributed by atoms with E-state index in [9.17, 15) is 0 Å². The molecule has 0 aromatic carbocycles. The van der Waals surface area contributed by atoms with Crippen LogP contribution < -0.4 is 5.32 Å². The highest BCUT2D eigenvalue weighted by Gasteiger charge is 2.21. The Morgan fingerprint density at radius 3 is 3.10 bits per heavy atom. The molecule has 1 aliphatic carbocycles. The lowest BCUT2D eigenvalue weighted by molar-refractivity contribution is 0.916. The van der Waals surface area contributed by atoms with Crippen molar-refractivity contribution in [3.05, 3.63) is 38.7 Å². The summed E-state index contributed by atoms with van der Waals surface area (Å²) in [5, 5.41) is 6.96. The zero-order valence-corrected chi connectivity index (χ0v) is 13.6. The van der Waals surface area contributed by atoms with Crippen LogP contribution in [0.3, 0.4) is 0 Å². The van der Waals surface area contributed by atoms with Crippen LogP contribution in [0, 0.1) is 6.92 Å². The van der Waals surface area contributed by atoms with Gasteiger partial charge in [0.25, 0.3) is 0 Å². The van der Waals surface area contributed by atoms with E-state index in [1.807, 2.05) is 29.6 Å². The van der Waals surface area contributed by atoms with Gasteiger partial charge in [-0.3, -0.25) is 0 Å². The third-order valence-electron chi connectivity index (χ3n) is 3.92. The number of nitrogens with zero attached hydrogens (tertiary/aromatic N) is 2. The highest BCUT2D eigenvalue weighted by molar-refractivity contribution is 7.19. The Morgan fingerprint density at radius 1 is 1.29 bits per heavy atom. The average molecular weight is 315 g/mol. The topological polar surface area (TPSA) is 37.8 Å². The van der Waals surface area contributed by atoms with E-state index in [0.717, 1.165) is 29.4 Å². The van der Waals surface area contributed by atoms with Crippen LogP contribution in [0.4, 0.5) is 5.82 Å². The molecule has 0 saturated heterocycles. The molecule has 21 heavy (non-hydrogen) atoms. The molecular weight excluding hydrogens is 298 g/mol. The Bertz CT molecular complexity index is 775. The predicted molar refractivity (Wildman–Crippen MR) is 90.7 cm³/mol. The van der Waals surface area contributed by atoms with Gasteiger partial charge in [-0.2, -0.15) is 0 Å². The molecular formula is C16H17N3S2. The normalized spacial score (nSPS) is 13.8. The number of anilines is 1. The van der Waals surface area contributed by atoms with Gasteiger partial charge in [0.15, 0.2) is 0 Å². The van der Waals surface area contributed by atoms with E-state index in [2.05, 4.69) is 32.8 Å². The average Bonchev–Trinajstić information content (AvgIpc) is 3.13. The molecule has 0 unspecified atom stereocenters. The van der Waals surface area contributed by atoms with E-state index < -0.39 is 0 Å². The van der Waals surface area contributed by atoms with E-state index in [1.54, 1.807) is 0 Å². The molecule has 0 atom stereocenters. The summed E-state index contributed by atoms with van der Waals surface area (Å²) < 4.78 is 0. The second kappa shape index (κ2) is 5.39. The van der Waals surface area contributed by atoms with Crippen molar-refractivity contribution in [1.29, 1.82) is 0 Å². The van der Waals surface area contributed by atoms with Gasteiger partial charge in [0.1, 0.15) is 16.5 Å². The fraction of sp³-hybridized carbons (Fsp3) is 0.375.